The van der Waals surface area contributed by atoms with Crippen LogP contribution in [0.2, 0.25) is 0 Å². The molecule has 1 aliphatic heterocycles. The molecular formula is C42H69NO7. The first kappa shape index (κ1) is 40.4. The van der Waals surface area contributed by atoms with Crippen LogP contribution < -0.4 is 0 Å². The molecule has 0 spiro atoms. The Hall–Kier alpha value is -2.35. The summed E-state index contributed by atoms with van der Waals surface area (Å²) in [6.07, 6.45) is 32.1. The smallest absolute Gasteiger partial charge is 0.465 e. The lowest BCUT2D eigenvalue weighted by Crippen LogP contribution is -2.47. The van der Waals surface area contributed by atoms with Crippen molar-refractivity contribution in [1.82, 2.24) is 4.90 Å². The zero-order valence-corrected chi connectivity index (χ0v) is 31.6. The minimum Gasteiger partial charge on any atom is -0.465 e. The molecule has 284 valence electrons. The maximum absolute atomic E-state index is 13.1. The highest BCUT2D eigenvalue weighted by molar-refractivity contribution is 5.70. The molecule has 50 heavy (non-hydrogen) atoms. The van der Waals surface area contributed by atoms with Crippen molar-refractivity contribution < 1.29 is 33.3 Å². The highest BCUT2D eigenvalue weighted by Crippen LogP contribution is 2.61. The van der Waals surface area contributed by atoms with Crippen molar-refractivity contribution in [3.05, 3.63) is 24.3 Å². The number of esters is 2. The van der Waals surface area contributed by atoms with E-state index >= 15 is 0 Å². The molecule has 0 N–H and O–H groups in total. The Balaban J connectivity index is 1.10. The number of hydrogen-bond acceptors (Lipinski definition) is 8. The Kier molecular flexibility index (Phi) is 18.2. The second-order valence-electron chi connectivity index (χ2n) is 16.3. The number of rotatable bonds is 25. The molecule has 5 aliphatic rings. The normalized spacial score (nSPS) is 26.5. The van der Waals surface area contributed by atoms with Crippen LogP contribution in [0, 0.1) is 29.1 Å². The molecule has 2 atom stereocenters. The van der Waals surface area contributed by atoms with Gasteiger partial charge in [0.25, 0.3) is 0 Å². The summed E-state index contributed by atoms with van der Waals surface area (Å²) in [5, 5.41) is 0. The van der Waals surface area contributed by atoms with E-state index in [-0.39, 0.29) is 37.2 Å². The van der Waals surface area contributed by atoms with Crippen LogP contribution >= 0.6 is 0 Å². The lowest BCUT2D eigenvalue weighted by Gasteiger charge is -2.56. The summed E-state index contributed by atoms with van der Waals surface area (Å²) in [6, 6.07) is 0.433. The summed E-state index contributed by atoms with van der Waals surface area (Å²) in [5.41, 5.74) is 0.100. The van der Waals surface area contributed by atoms with E-state index in [4.69, 9.17) is 18.9 Å². The van der Waals surface area contributed by atoms with Gasteiger partial charge in [0.2, 0.25) is 0 Å². The molecule has 5 fully saturated rings. The third kappa shape index (κ3) is 15.1. The summed E-state index contributed by atoms with van der Waals surface area (Å²) in [6.45, 7) is 3.70. The van der Waals surface area contributed by atoms with Crippen molar-refractivity contribution in [1.29, 1.82) is 0 Å². The number of ether oxygens (including phenoxy) is 4. The van der Waals surface area contributed by atoms with Gasteiger partial charge in [0.05, 0.1) is 18.9 Å². The van der Waals surface area contributed by atoms with Crippen molar-refractivity contribution in [2.24, 2.45) is 29.1 Å². The molecule has 0 radical (unpaired) electrons. The number of hydrogen-bond donors (Lipinski definition) is 0. The van der Waals surface area contributed by atoms with E-state index in [1.54, 1.807) is 0 Å². The Morgan fingerprint density at radius 1 is 0.740 bits per heavy atom. The number of carbonyl (C=O) groups excluding carboxylic acids is 3. The first-order valence-electron chi connectivity index (χ1n) is 20.4. The van der Waals surface area contributed by atoms with Crippen LogP contribution in [0.4, 0.5) is 4.79 Å². The predicted octanol–water partition coefficient (Wildman–Crippen LogP) is 9.75. The summed E-state index contributed by atoms with van der Waals surface area (Å²) in [4.78, 5) is 40.4. The minimum atomic E-state index is -0.730. The molecule has 4 bridgehead atoms. The van der Waals surface area contributed by atoms with Crippen molar-refractivity contribution in [2.75, 3.05) is 40.0 Å². The van der Waals surface area contributed by atoms with Crippen LogP contribution in [-0.4, -0.2) is 69.1 Å². The second kappa shape index (κ2) is 22.6. The van der Waals surface area contributed by atoms with Gasteiger partial charge in [-0.05, 0) is 133 Å². The van der Waals surface area contributed by atoms with Gasteiger partial charge in [-0.15, -0.1) is 0 Å². The first-order chi connectivity index (χ1) is 24.3. The summed E-state index contributed by atoms with van der Waals surface area (Å²) < 4.78 is 22.1. The van der Waals surface area contributed by atoms with Gasteiger partial charge >= 0.3 is 18.1 Å². The quantitative estimate of drug-likeness (QED) is 0.0403. The maximum atomic E-state index is 13.1. The molecule has 0 aromatic carbocycles. The summed E-state index contributed by atoms with van der Waals surface area (Å²) in [5.74, 6) is 1.44. The summed E-state index contributed by atoms with van der Waals surface area (Å²) in [7, 11) is 2.10. The molecule has 1 heterocycles. The number of allylic oxidation sites excluding steroid dienone is 4. The van der Waals surface area contributed by atoms with E-state index in [1.165, 1.54) is 57.8 Å². The SMILES string of the molecule is CCCCC/C=C\C/C=C\CCCCCCCC(=O)OCC(COC(=O)CC12CC3CC(CC(C3)C1)C2)COC(=O)OCCC1CCCN1C. The molecule has 5 rings (SSSR count). The third-order valence-corrected chi connectivity index (χ3v) is 11.8. The van der Waals surface area contributed by atoms with Gasteiger partial charge in [-0.1, -0.05) is 63.3 Å². The predicted molar refractivity (Wildman–Crippen MR) is 198 cm³/mol. The number of nitrogens with zero attached hydrogens (tertiary/aromatic N) is 1. The Bertz CT molecular complexity index is 1040. The fourth-order valence-electron chi connectivity index (χ4n) is 9.43. The van der Waals surface area contributed by atoms with E-state index < -0.39 is 12.1 Å². The topological polar surface area (TPSA) is 91.4 Å². The molecule has 0 aromatic heterocycles. The highest BCUT2D eigenvalue weighted by atomic mass is 16.7. The van der Waals surface area contributed by atoms with Crippen molar-refractivity contribution >= 4 is 18.1 Å². The minimum absolute atomic E-state index is 0.0240. The van der Waals surface area contributed by atoms with Crippen molar-refractivity contribution in [3.63, 3.8) is 0 Å². The second-order valence-corrected chi connectivity index (χ2v) is 16.3. The Morgan fingerprint density at radius 2 is 1.34 bits per heavy atom. The Morgan fingerprint density at radius 3 is 1.98 bits per heavy atom. The molecule has 1 saturated heterocycles. The number of carbonyl (C=O) groups is 3. The molecule has 8 nitrogen and oxygen atoms in total. The van der Waals surface area contributed by atoms with Crippen LogP contribution in [0.1, 0.15) is 148 Å². The Labute approximate surface area is 303 Å². The molecule has 4 aliphatic carbocycles. The van der Waals surface area contributed by atoms with Crippen molar-refractivity contribution in [3.8, 4) is 0 Å². The lowest BCUT2D eigenvalue weighted by atomic mass is 9.49. The molecule has 2 unspecified atom stereocenters. The molecule has 8 heteroatoms. The van der Waals surface area contributed by atoms with Gasteiger partial charge < -0.3 is 23.8 Å². The molecule has 4 saturated carbocycles. The first-order valence-corrected chi connectivity index (χ1v) is 20.4. The third-order valence-electron chi connectivity index (χ3n) is 11.8. The standard InChI is InChI=1S/C42H69NO7/c1-3-4-5-6-7-8-9-10-11-12-13-14-15-16-17-20-39(44)48-31-37(33-50-41(46)47-23-21-38-19-18-22-43(38)2)32-49-40(45)30-42-27-34-24-35(28-42)26-36(25-34)29-42/h7-8,10-11,34-38H,3-6,9,12-33H2,1-2H3/b8-7-,11-10-. The van der Waals surface area contributed by atoms with Crippen LogP contribution in [0.25, 0.3) is 0 Å². The van der Waals surface area contributed by atoms with E-state index in [1.807, 2.05) is 0 Å². The maximum Gasteiger partial charge on any atom is 0.508 e. The lowest BCUT2D eigenvalue weighted by molar-refractivity contribution is -0.155. The van der Waals surface area contributed by atoms with Crippen LogP contribution in [-0.2, 0) is 28.5 Å². The number of unbranched alkanes of at least 4 members (excludes halogenated alkanes) is 8. The molecule has 0 amide bonds. The van der Waals surface area contributed by atoms with Gasteiger partial charge in [-0.2, -0.15) is 0 Å². The van der Waals surface area contributed by atoms with Crippen LogP contribution in [0.15, 0.2) is 24.3 Å². The van der Waals surface area contributed by atoms with E-state index in [0.717, 1.165) is 94.9 Å². The molecular weight excluding hydrogens is 630 g/mol. The van der Waals surface area contributed by atoms with E-state index in [0.29, 0.717) is 25.5 Å². The van der Waals surface area contributed by atoms with Crippen LogP contribution in [0.3, 0.4) is 0 Å². The van der Waals surface area contributed by atoms with E-state index in [9.17, 15) is 14.4 Å². The zero-order chi connectivity index (χ0) is 35.4. The fourth-order valence-corrected chi connectivity index (χ4v) is 9.43. The van der Waals surface area contributed by atoms with Gasteiger partial charge in [0.1, 0.15) is 19.8 Å². The van der Waals surface area contributed by atoms with Gasteiger partial charge in [0.15, 0.2) is 0 Å². The van der Waals surface area contributed by atoms with Gasteiger partial charge in [-0.3, -0.25) is 9.59 Å². The number of likely N-dealkylation sites (tertiary alicyclic amines) is 1. The van der Waals surface area contributed by atoms with Gasteiger partial charge in [0, 0.05) is 12.5 Å². The van der Waals surface area contributed by atoms with Crippen molar-refractivity contribution in [2.45, 2.75) is 154 Å². The molecule has 0 aromatic rings. The largest absolute Gasteiger partial charge is 0.508 e. The average molecular weight is 700 g/mol. The monoisotopic (exact) mass is 700 g/mol. The van der Waals surface area contributed by atoms with E-state index in [2.05, 4.69) is 43.2 Å². The fraction of sp³-hybridized carbons (Fsp3) is 0.833. The average Bonchev–Trinajstić information content (AvgIpc) is 3.49. The van der Waals surface area contributed by atoms with Crippen LogP contribution in [0.5, 0.6) is 0 Å². The van der Waals surface area contributed by atoms with Gasteiger partial charge in [-0.25, -0.2) is 4.79 Å². The highest BCUT2D eigenvalue weighted by Gasteiger charge is 2.51. The summed E-state index contributed by atoms with van der Waals surface area (Å²) >= 11 is 0. The zero-order valence-electron chi connectivity index (χ0n) is 31.6.